The van der Waals surface area contributed by atoms with Crippen LogP contribution in [-0.4, -0.2) is 13.2 Å². The Balaban J connectivity index is 2.17. The highest BCUT2D eigenvalue weighted by molar-refractivity contribution is 5.43. The molecule has 0 saturated carbocycles. The van der Waals surface area contributed by atoms with Gasteiger partial charge in [0.1, 0.15) is 11.5 Å². The van der Waals surface area contributed by atoms with E-state index in [1.165, 1.54) is 64.2 Å². The summed E-state index contributed by atoms with van der Waals surface area (Å²) in [5.74, 6) is 1.79. The molecule has 0 heterocycles. The molecule has 0 N–H and O–H groups in total. The highest BCUT2D eigenvalue weighted by Gasteiger charge is 2.20. The van der Waals surface area contributed by atoms with Crippen LogP contribution in [0.2, 0.25) is 0 Å². The van der Waals surface area contributed by atoms with Gasteiger partial charge in [0.25, 0.3) is 0 Å². The first-order valence-electron chi connectivity index (χ1n) is 14.3. The van der Waals surface area contributed by atoms with E-state index >= 15 is 0 Å². The summed E-state index contributed by atoms with van der Waals surface area (Å²) in [4.78, 5) is 0. The van der Waals surface area contributed by atoms with Crippen molar-refractivity contribution >= 4 is 0 Å². The van der Waals surface area contributed by atoms with Crippen molar-refractivity contribution in [2.75, 3.05) is 13.2 Å². The number of rotatable bonds is 20. The normalized spacial score (nSPS) is 13.0. The monoisotopic (exact) mass is 482 g/mol. The predicted molar refractivity (Wildman–Crippen MR) is 148 cm³/mol. The summed E-state index contributed by atoms with van der Waals surface area (Å²) >= 11 is 0. The molecule has 35 heavy (non-hydrogen) atoms. The second kappa shape index (κ2) is 18.4. The fraction of sp³-hybridized carbons (Fsp3) is 0.625. The van der Waals surface area contributed by atoms with Crippen LogP contribution in [0.1, 0.15) is 128 Å². The molecule has 0 fully saturated rings. The lowest BCUT2D eigenvalue weighted by Gasteiger charge is -2.23. The second-order valence-corrected chi connectivity index (χ2v) is 9.47. The summed E-state index contributed by atoms with van der Waals surface area (Å²) in [5, 5.41) is 0. The average Bonchev–Trinajstić information content (AvgIpc) is 2.88. The van der Waals surface area contributed by atoms with Gasteiger partial charge in [0, 0.05) is 24.3 Å². The highest BCUT2D eigenvalue weighted by atomic mass is 16.5. The molecule has 196 valence electrons. The van der Waals surface area contributed by atoms with Crippen molar-refractivity contribution in [3.05, 3.63) is 59.7 Å². The van der Waals surface area contributed by atoms with Gasteiger partial charge in [0.05, 0.1) is 12.2 Å². The van der Waals surface area contributed by atoms with Crippen LogP contribution in [0.5, 0.6) is 11.5 Å². The summed E-state index contributed by atoms with van der Waals surface area (Å²) in [6.07, 6.45) is 14.8. The minimum absolute atomic E-state index is 0.0613. The van der Waals surface area contributed by atoms with E-state index in [0.717, 1.165) is 35.5 Å². The Bertz CT molecular complexity index is 722. The number of ether oxygens (including phenoxy) is 3. The largest absolute Gasteiger partial charge is 0.457 e. The molecule has 0 aliphatic carbocycles. The van der Waals surface area contributed by atoms with E-state index in [1.807, 2.05) is 0 Å². The first-order valence-corrected chi connectivity index (χ1v) is 14.3. The molecular formula is C32H50O3. The number of benzene rings is 2. The molecule has 2 rings (SSSR count). The highest BCUT2D eigenvalue weighted by Crippen LogP contribution is 2.38. The SMILES string of the molecule is CCCCCCCC(OCC)c1ccccc1Oc1ccccc1C(CCCCCCC)OCC. The summed E-state index contributed by atoms with van der Waals surface area (Å²) in [6.45, 7) is 10.1. The molecule has 3 nitrogen and oxygen atoms in total. The van der Waals surface area contributed by atoms with E-state index in [4.69, 9.17) is 14.2 Å². The second-order valence-electron chi connectivity index (χ2n) is 9.47. The first kappa shape index (κ1) is 29.4. The van der Waals surface area contributed by atoms with Gasteiger partial charge in [-0.25, -0.2) is 0 Å². The molecule has 0 aliphatic rings. The van der Waals surface area contributed by atoms with E-state index in [2.05, 4.69) is 76.2 Å². The zero-order chi connectivity index (χ0) is 25.1. The summed E-state index contributed by atoms with van der Waals surface area (Å²) in [7, 11) is 0. The zero-order valence-electron chi connectivity index (χ0n) is 22.9. The third-order valence-electron chi connectivity index (χ3n) is 6.63. The molecule has 2 aromatic carbocycles. The van der Waals surface area contributed by atoms with E-state index in [1.54, 1.807) is 0 Å². The molecule has 0 bridgehead atoms. The number of hydrogen-bond donors (Lipinski definition) is 0. The van der Waals surface area contributed by atoms with E-state index in [0.29, 0.717) is 13.2 Å². The molecule has 0 spiro atoms. The fourth-order valence-corrected chi connectivity index (χ4v) is 4.72. The Hall–Kier alpha value is -1.84. The Morgan fingerprint density at radius 2 is 0.914 bits per heavy atom. The van der Waals surface area contributed by atoms with Crippen LogP contribution in [0.3, 0.4) is 0 Å². The molecule has 0 aromatic heterocycles. The van der Waals surface area contributed by atoms with Crippen molar-refractivity contribution in [1.82, 2.24) is 0 Å². The number of unbranched alkanes of at least 4 members (excludes halogenated alkanes) is 8. The van der Waals surface area contributed by atoms with Gasteiger partial charge in [-0.15, -0.1) is 0 Å². The lowest BCUT2D eigenvalue weighted by Crippen LogP contribution is -2.08. The molecule has 0 radical (unpaired) electrons. The van der Waals surface area contributed by atoms with Crippen molar-refractivity contribution in [3.8, 4) is 11.5 Å². The van der Waals surface area contributed by atoms with Crippen molar-refractivity contribution in [3.63, 3.8) is 0 Å². The molecule has 2 unspecified atom stereocenters. The van der Waals surface area contributed by atoms with Gasteiger partial charge in [-0.2, -0.15) is 0 Å². The van der Waals surface area contributed by atoms with Crippen LogP contribution >= 0.6 is 0 Å². The maximum absolute atomic E-state index is 6.62. The van der Waals surface area contributed by atoms with Gasteiger partial charge >= 0.3 is 0 Å². The molecule has 3 heteroatoms. The summed E-state index contributed by atoms with van der Waals surface area (Å²) < 4.78 is 19.0. The minimum atomic E-state index is 0.0613. The number of para-hydroxylation sites is 2. The van der Waals surface area contributed by atoms with Gasteiger partial charge in [-0.3, -0.25) is 0 Å². The zero-order valence-corrected chi connectivity index (χ0v) is 22.9. The van der Waals surface area contributed by atoms with E-state index in [-0.39, 0.29) is 12.2 Å². The minimum Gasteiger partial charge on any atom is -0.457 e. The van der Waals surface area contributed by atoms with E-state index in [9.17, 15) is 0 Å². The Labute approximate surface area is 215 Å². The molecule has 2 atom stereocenters. The summed E-state index contributed by atoms with van der Waals surface area (Å²) in [5.41, 5.74) is 2.29. The lowest BCUT2D eigenvalue weighted by atomic mass is 10.00. The molecule has 0 saturated heterocycles. The maximum Gasteiger partial charge on any atom is 0.133 e. The average molecular weight is 483 g/mol. The Morgan fingerprint density at radius 3 is 1.31 bits per heavy atom. The van der Waals surface area contributed by atoms with Crippen molar-refractivity contribution in [2.45, 2.75) is 117 Å². The Morgan fingerprint density at radius 1 is 0.514 bits per heavy atom. The van der Waals surface area contributed by atoms with Crippen molar-refractivity contribution < 1.29 is 14.2 Å². The van der Waals surface area contributed by atoms with Gasteiger partial charge in [0.15, 0.2) is 0 Å². The Kier molecular flexibility index (Phi) is 15.5. The van der Waals surface area contributed by atoms with Gasteiger partial charge in [0.2, 0.25) is 0 Å². The van der Waals surface area contributed by atoms with Gasteiger partial charge < -0.3 is 14.2 Å². The molecule has 0 aliphatic heterocycles. The van der Waals surface area contributed by atoms with Crippen LogP contribution in [0, 0.1) is 0 Å². The lowest BCUT2D eigenvalue weighted by molar-refractivity contribution is 0.0509. The molecule has 2 aromatic rings. The van der Waals surface area contributed by atoms with E-state index < -0.39 is 0 Å². The molecular weight excluding hydrogens is 432 g/mol. The fourth-order valence-electron chi connectivity index (χ4n) is 4.72. The third kappa shape index (κ3) is 10.8. The van der Waals surface area contributed by atoms with Crippen LogP contribution in [-0.2, 0) is 9.47 Å². The van der Waals surface area contributed by atoms with Crippen LogP contribution in [0.4, 0.5) is 0 Å². The van der Waals surface area contributed by atoms with Gasteiger partial charge in [-0.1, -0.05) is 114 Å². The van der Waals surface area contributed by atoms with Crippen LogP contribution in [0.25, 0.3) is 0 Å². The topological polar surface area (TPSA) is 27.7 Å². The van der Waals surface area contributed by atoms with Crippen LogP contribution in [0.15, 0.2) is 48.5 Å². The quantitative estimate of drug-likeness (QED) is 0.176. The predicted octanol–water partition coefficient (Wildman–Crippen LogP) is 10.4. The first-order chi connectivity index (χ1) is 17.2. The number of hydrogen-bond acceptors (Lipinski definition) is 3. The third-order valence-corrected chi connectivity index (χ3v) is 6.63. The van der Waals surface area contributed by atoms with Crippen LogP contribution < -0.4 is 4.74 Å². The standard InChI is InChI=1S/C32H50O3/c1-5-9-11-13-15-23-29(33-7-3)27-21-17-19-25-31(27)35-32-26-20-18-22-28(32)30(34-8-4)24-16-14-12-10-6-2/h17-22,25-26,29-30H,5-16,23-24H2,1-4H3. The van der Waals surface area contributed by atoms with Crippen molar-refractivity contribution in [2.24, 2.45) is 0 Å². The molecule has 0 amide bonds. The summed E-state index contributed by atoms with van der Waals surface area (Å²) in [6, 6.07) is 16.8. The van der Waals surface area contributed by atoms with Gasteiger partial charge in [-0.05, 0) is 38.8 Å². The maximum atomic E-state index is 6.62. The van der Waals surface area contributed by atoms with Crippen molar-refractivity contribution in [1.29, 1.82) is 0 Å². The smallest absolute Gasteiger partial charge is 0.133 e.